The van der Waals surface area contributed by atoms with Crippen LogP contribution in [-0.2, 0) is 13.0 Å². The molecule has 8 aromatic rings. The molecule has 0 aliphatic carbocycles. The monoisotopic (exact) mass is 640 g/mol. The van der Waals surface area contributed by atoms with Crippen molar-refractivity contribution in [3.63, 3.8) is 0 Å². The molecule has 1 aliphatic heterocycles. The van der Waals surface area contributed by atoms with E-state index in [2.05, 4.69) is 137 Å². The van der Waals surface area contributed by atoms with Crippen LogP contribution in [0.15, 0.2) is 97.1 Å². The number of thiophene rings is 1. The van der Waals surface area contributed by atoms with Gasteiger partial charge in [-0.2, -0.15) is 17.7 Å². The van der Waals surface area contributed by atoms with Gasteiger partial charge < -0.3 is 9.13 Å². The van der Waals surface area contributed by atoms with Crippen molar-refractivity contribution >= 4 is 65.9 Å². The van der Waals surface area contributed by atoms with Gasteiger partial charge in [0.05, 0.1) is 44.2 Å². The summed E-state index contributed by atoms with van der Waals surface area (Å²) in [6, 6.07) is 35.7. The van der Waals surface area contributed by atoms with E-state index >= 15 is 0 Å². The number of thiol groups is 1. The fourth-order valence-corrected chi connectivity index (χ4v) is 8.42. The molecule has 46 heavy (non-hydrogen) atoms. The van der Waals surface area contributed by atoms with Gasteiger partial charge in [-0.3, -0.25) is 0 Å². The van der Waals surface area contributed by atoms with E-state index < -0.39 is 0 Å². The Labute approximate surface area is 280 Å². The van der Waals surface area contributed by atoms with Gasteiger partial charge in [-0.15, -0.1) is 11.3 Å². The van der Waals surface area contributed by atoms with E-state index in [1.807, 2.05) is 25.2 Å². The van der Waals surface area contributed by atoms with Crippen LogP contribution in [0.25, 0.3) is 64.6 Å². The Kier molecular flexibility index (Phi) is 8.26. The van der Waals surface area contributed by atoms with Crippen LogP contribution in [0, 0.1) is 13.8 Å². The zero-order valence-electron chi connectivity index (χ0n) is 27.2. The summed E-state index contributed by atoms with van der Waals surface area (Å²) in [4.78, 5) is 0. The summed E-state index contributed by atoms with van der Waals surface area (Å²) >= 11 is 5.41. The quantitative estimate of drug-likeness (QED) is 0.187. The summed E-state index contributed by atoms with van der Waals surface area (Å²) in [7, 11) is 0. The molecule has 5 heterocycles. The van der Waals surface area contributed by atoms with Gasteiger partial charge in [-0.1, -0.05) is 62.4 Å². The Morgan fingerprint density at radius 3 is 2.15 bits per heavy atom. The standard InChI is InChI=1S/C37H30N4S.C2H6.CH4S/c1-23-17-19-33-36-24(2)41(38-30(36)13-7-8-21-39(23)33)25-18-20-35-29(22-25)28-12-9-16-34(37(28)42-35)40-31-14-5-3-10-26(31)27-11-4-6-15-32(27)40;2*1-2/h3-6,9-12,14-20,22H,7-8,13,21H2,1-2H3;1-2H3;2H,1H3. The van der Waals surface area contributed by atoms with Crippen molar-refractivity contribution in [1.29, 1.82) is 0 Å². The maximum Gasteiger partial charge on any atom is 0.0725 e. The lowest BCUT2D eigenvalue weighted by Crippen LogP contribution is -2.07. The van der Waals surface area contributed by atoms with E-state index in [1.54, 1.807) is 6.26 Å². The zero-order valence-corrected chi connectivity index (χ0v) is 28.9. The number of rotatable bonds is 2. The molecule has 4 nitrogen and oxygen atoms in total. The van der Waals surface area contributed by atoms with Gasteiger partial charge in [0.25, 0.3) is 0 Å². The van der Waals surface area contributed by atoms with Gasteiger partial charge in [-0.05, 0) is 87.9 Å². The van der Waals surface area contributed by atoms with Crippen LogP contribution >= 0.6 is 24.0 Å². The lowest BCUT2D eigenvalue weighted by Gasteiger charge is -2.15. The Morgan fingerprint density at radius 1 is 0.717 bits per heavy atom. The molecule has 4 aromatic heterocycles. The molecule has 0 bridgehead atoms. The van der Waals surface area contributed by atoms with Crippen molar-refractivity contribution in [1.82, 2.24) is 18.9 Å². The van der Waals surface area contributed by atoms with Crippen molar-refractivity contribution in [3.05, 3.63) is 114 Å². The van der Waals surface area contributed by atoms with E-state index in [-0.39, 0.29) is 0 Å². The first-order valence-corrected chi connectivity index (χ1v) is 18.0. The lowest BCUT2D eigenvalue weighted by molar-refractivity contribution is 0.592. The number of hydrogen-bond acceptors (Lipinski definition) is 3. The topological polar surface area (TPSA) is 27.7 Å². The maximum absolute atomic E-state index is 5.23. The summed E-state index contributed by atoms with van der Waals surface area (Å²) in [5, 5.41) is 10.4. The molecule has 9 rings (SSSR count). The first-order valence-electron chi connectivity index (χ1n) is 16.3. The highest BCUT2D eigenvalue weighted by molar-refractivity contribution is 7.79. The average molecular weight is 641 g/mol. The minimum atomic E-state index is 1.03. The minimum Gasteiger partial charge on any atom is -0.345 e. The molecule has 0 N–H and O–H groups in total. The SMILES string of the molecule is CC.CS.Cc1c2c(nn1-c1ccc3sc4c(-n5c6ccccc6c6ccccc65)cccc4c3c1)CCCCn1c(C)ccc1-2. The maximum atomic E-state index is 5.23. The molecular formula is C40H40N4S2. The van der Waals surface area contributed by atoms with Crippen LogP contribution in [-0.4, -0.2) is 25.2 Å². The fourth-order valence-electron chi connectivity index (χ4n) is 7.23. The third-order valence-corrected chi connectivity index (χ3v) is 10.4. The highest BCUT2D eigenvalue weighted by atomic mass is 32.1. The molecule has 0 amide bonds. The number of hydrogen-bond donors (Lipinski definition) is 1. The molecule has 0 saturated heterocycles. The van der Waals surface area contributed by atoms with Crippen LogP contribution in [0.2, 0.25) is 0 Å². The Hall–Kier alpha value is -4.26. The van der Waals surface area contributed by atoms with E-state index in [1.165, 1.54) is 88.8 Å². The number of aryl methyl sites for hydroxylation is 2. The lowest BCUT2D eigenvalue weighted by atomic mass is 10.0. The van der Waals surface area contributed by atoms with Crippen molar-refractivity contribution in [3.8, 4) is 22.6 Å². The predicted octanol–water partition coefficient (Wildman–Crippen LogP) is 11.3. The third-order valence-electron chi connectivity index (χ3n) is 9.21. The van der Waals surface area contributed by atoms with Gasteiger partial charge >= 0.3 is 0 Å². The first-order chi connectivity index (χ1) is 22.7. The molecule has 0 radical (unpaired) electrons. The molecule has 0 spiro atoms. The number of para-hydroxylation sites is 2. The normalized spacial score (nSPS) is 12.7. The second-order valence-corrected chi connectivity index (χ2v) is 12.6. The summed E-state index contributed by atoms with van der Waals surface area (Å²) < 4.78 is 9.71. The Bertz CT molecular complexity index is 2290. The van der Waals surface area contributed by atoms with Crippen molar-refractivity contribution in [2.75, 3.05) is 6.26 Å². The van der Waals surface area contributed by atoms with Crippen LogP contribution in [0.1, 0.15) is 43.8 Å². The van der Waals surface area contributed by atoms with E-state index in [4.69, 9.17) is 5.10 Å². The number of fused-ring (bicyclic) bond motifs is 9. The number of aromatic nitrogens is 4. The van der Waals surface area contributed by atoms with Crippen molar-refractivity contribution in [2.24, 2.45) is 0 Å². The summed E-state index contributed by atoms with van der Waals surface area (Å²) in [5.41, 5.74) is 11.2. The Balaban J connectivity index is 0.000000815. The van der Waals surface area contributed by atoms with Gasteiger partial charge in [-0.25, -0.2) is 4.68 Å². The highest BCUT2D eigenvalue weighted by Gasteiger charge is 2.23. The molecule has 0 unspecified atom stereocenters. The highest BCUT2D eigenvalue weighted by Crippen LogP contribution is 2.42. The second-order valence-electron chi connectivity index (χ2n) is 11.6. The molecule has 0 fully saturated rings. The van der Waals surface area contributed by atoms with Crippen molar-refractivity contribution < 1.29 is 0 Å². The first kappa shape index (κ1) is 30.4. The summed E-state index contributed by atoms with van der Waals surface area (Å²) in [5.74, 6) is 0. The van der Waals surface area contributed by atoms with Crippen LogP contribution in [0.3, 0.4) is 0 Å². The van der Waals surface area contributed by atoms with Crippen LogP contribution in [0.4, 0.5) is 0 Å². The fraction of sp³-hybridized carbons (Fsp3) is 0.225. The van der Waals surface area contributed by atoms with Gasteiger partial charge in [0.2, 0.25) is 0 Å². The molecular weight excluding hydrogens is 601 g/mol. The molecule has 4 aromatic carbocycles. The van der Waals surface area contributed by atoms with E-state index in [0.29, 0.717) is 0 Å². The van der Waals surface area contributed by atoms with Crippen LogP contribution < -0.4 is 0 Å². The predicted molar refractivity (Wildman–Crippen MR) is 203 cm³/mol. The number of nitrogens with zero attached hydrogens (tertiary/aromatic N) is 4. The van der Waals surface area contributed by atoms with Gasteiger partial charge in [0.15, 0.2) is 0 Å². The smallest absolute Gasteiger partial charge is 0.0725 e. The molecule has 1 aliphatic rings. The molecule has 6 heteroatoms. The largest absolute Gasteiger partial charge is 0.345 e. The average Bonchev–Trinajstić information content (AvgIpc) is 3.83. The molecule has 232 valence electrons. The molecule has 0 atom stereocenters. The van der Waals surface area contributed by atoms with Gasteiger partial charge in [0.1, 0.15) is 0 Å². The third kappa shape index (κ3) is 4.69. The van der Waals surface area contributed by atoms with Crippen LogP contribution in [0.5, 0.6) is 0 Å². The van der Waals surface area contributed by atoms with Crippen molar-refractivity contribution in [2.45, 2.75) is 53.5 Å². The van der Waals surface area contributed by atoms with E-state index in [9.17, 15) is 0 Å². The Morgan fingerprint density at radius 2 is 1.41 bits per heavy atom. The van der Waals surface area contributed by atoms with E-state index in [0.717, 1.165) is 18.7 Å². The van der Waals surface area contributed by atoms with Gasteiger partial charge in [0, 0.05) is 44.0 Å². The summed E-state index contributed by atoms with van der Waals surface area (Å²) in [6.07, 6.45) is 5.08. The number of benzene rings is 4. The zero-order chi connectivity index (χ0) is 31.9. The minimum absolute atomic E-state index is 1.03. The molecule has 0 saturated carbocycles. The summed E-state index contributed by atoms with van der Waals surface area (Å²) in [6.45, 7) is 9.53. The second kappa shape index (κ2) is 12.5.